The first kappa shape index (κ1) is 15.2. The first-order valence-corrected chi connectivity index (χ1v) is 7.59. The van der Waals surface area contributed by atoms with Crippen LogP contribution in [0.15, 0.2) is 0 Å². The SMILES string of the molecule is C#CCCNC1CC2CCC(C1)N2C(=O)OC(C)(C)C. The second kappa shape index (κ2) is 6.05. The highest BCUT2D eigenvalue weighted by Gasteiger charge is 2.44. The Morgan fingerprint density at radius 1 is 1.35 bits per heavy atom. The average Bonchev–Trinajstić information content (AvgIpc) is 2.60. The van der Waals surface area contributed by atoms with Crippen LogP contribution >= 0.6 is 0 Å². The number of nitrogens with zero attached hydrogens (tertiary/aromatic N) is 1. The molecule has 2 rings (SSSR count). The molecule has 2 unspecified atom stereocenters. The van der Waals surface area contributed by atoms with Crippen LogP contribution in [-0.2, 0) is 4.74 Å². The van der Waals surface area contributed by atoms with Crippen molar-refractivity contribution in [1.29, 1.82) is 0 Å². The molecule has 2 heterocycles. The number of piperidine rings is 1. The van der Waals surface area contributed by atoms with Gasteiger partial charge >= 0.3 is 6.09 Å². The largest absolute Gasteiger partial charge is 0.444 e. The average molecular weight is 278 g/mol. The second-order valence-electron chi connectivity index (χ2n) is 6.85. The van der Waals surface area contributed by atoms with Crippen molar-refractivity contribution in [2.24, 2.45) is 0 Å². The fourth-order valence-corrected chi connectivity index (χ4v) is 3.30. The number of amides is 1. The number of nitrogens with one attached hydrogen (secondary N) is 1. The lowest BCUT2D eigenvalue weighted by atomic mass is 9.97. The third kappa shape index (κ3) is 3.67. The maximum atomic E-state index is 12.3. The number of ether oxygens (including phenoxy) is 1. The van der Waals surface area contributed by atoms with Gasteiger partial charge in [0.1, 0.15) is 5.60 Å². The Labute approximate surface area is 122 Å². The van der Waals surface area contributed by atoms with E-state index in [1.165, 1.54) is 0 Å². The van der Waals surface area contributed by atoms with E-state index in [0.717, 1.165) is 38.6 Å². The van der Waals surface area contributed by atoms with Gasteiger partial charge in [0.15, 0.2) is 0 Å². The third-order valence-corrected chi connectivity index (χ3v) is 4.04. The molecule has 1 N–H and O–H groups in total. The van der Waals surface area contributed by atoms with Gasteiger partial charge in [-0.05, 0) is 46.5 Å². The van der Waals surface area contributed by atoms with E-state index in [-0.39, 0.29) is 6.09 Å². The minimum atomic E-state index is -0.418. The third-order valence-electron chi connectivity index (χ3n) is 4.04. The maximum absolute atomic E-state index is 12.3. The van der Waals surface area contributed by atoms with Crippen LogP contribution in [0.5, 0.6) is 0 Å². The molecule has 20 heavy (non-hydrogen) atoms. The van der Waals surface area contributed by atoms with Crippen LogP contribution in [0.25, 0.3) is 0 Å². The lowest BCUT2D eigenvalue weighted by Crippen LogP contribution is -2.52. The molecule has 4 nitrogen and oxygen atoms in total. The van der Waals surface area contributed by atoms with Gasteiger partial charge in [-0.1, -0.05) is 0 Å². The van der Waals surface area contributed by atoms with Crippen molar-refractivity contribution in [3.05, 3.63) is 0 Å². The lowest BCUT2D eigenvalue weighted by Gasteiger charge is -2.39. The molecule has 4 heteroatoms. The number of hydrogen-bond donors (Lipinski definition) is 1. The number of rotatable bonds is 3. The lowest BCUT2D eigenvalue weighted by molar-refractivity contribution is 0.00479. The summed E-state index contributed by atoms with van der Waals surface area (Å²) in [5, 5.41) is 3.51. The molecular weight excluding hydrogens is 252 g/mol. The van der Waals surface area contributed by atoms with Crippen LogP contribution in [0.2, 0.25) is 0 Å². The number of carbonyl (C=O) groups is 1. The number of fused-ring (bicyclic) bond motifs is 2. The predicted octanol–water partition coefficient (Wildman–Crippen LogP) is 2.53. The maximum Gasteiger partial charge on any atom is 0.410 e. The first-order chi connectivity index (χ1) is 9.40. The van der Waals surface area contributed by atoms with Crippen molar-refractivity contribution < 1.29 is 9.53 Å². The van der Waals surface area contributed by atoms with Gasteiger partial charge in [0.05, 0.1) is 0 Å². The van der Waals surface area contributed by atoms with Gasteiger partial charge in [-0.2, -0.15) is 0 Å². The zero-order chi connectivity index (χ0) is 14.8. The molecule has 2 fully saturated rings. The Bertz CT molecular complexity index is 380. The zero-order valence-corrected chi connectivity index (χ0v) is 12.8. The summed E-state index contributed by atoms with van der Waals surface area (Å²) in [6.07, 6.45) is 10.1. The molecule has 2 saturated heterocycles. The molecule has 2 bridgehead atoms. The number of carbonyl (C=O) groups excluding carboxylic acids is 1. The molecule has 1 amide bonds. The summed E-state index contributed by atoms with van der Waals surface area (Å²) < 4.78 is 5.53. The van der Waals surface area contributed by atoms with Crippen LogP contribution in [-0.4, -0.2) is 41.3 Å². The van der Waals surface area contributed by atoms with Crippen molar-refractivity contribution in [2.45, 2.75) is 76.6 Å². The van der Waals surface area contributed by atoms with E-state index in [4.69, 9.17) is 11.2 Å². The summed E-state index contributed by atoms with van der Waals surface area (Å²) in [7, 11) is 0. The molecule has 0 aromatic carbocycles. The summed E-state index contributed by atoms with van der Waals surface area (Å²) >= 11 is 0. The smallest absolute Gasteiger partial charge is 0.410 e. The van der Waals surface area contributed by atoms with Crippen molar-refractivity contribution in [3.63, 3.8) is 0 Å². The van der Waals surface area contributed by atoms with E-state index in [1.807, 2.05) is 25.7 Å². The standard InChI is InChI=1S/C16H26N2O2/c1-5-6-9-17-12-10-13-7-8-14(11-12)18(13)15(19)20-16(2,3)4/h1,12-14,17H,6-11H2,2-4H3. The van der Waals surface area contributed by atoms with Crippen molar-refractivity contribution in [2.75, 3.05) is 6.54 Å². The van der Waals surface area contributed by atoms with Gasteiger partial charge < -0.3 is 15.0 Å². The van der Waals surface area contributed by atoms with Crippen molar-refractivity contribution >= 4 is 6.09 Å². The van der Waals surface area contributed by atoms with Crippen LogP contribution in [0.4, 0.5) is 4.79 Å². The monoisotopic (exact) mass is 278 g/mol. The van der Waals surface area contributed by atoms with Crippen LogP contribution in [0.3, 0.4) is 0 Å². The van der Waals surface area contributed by atoms with Gasteiger partial charge in [0, 0.05) is 31.1 Å². The van der Waals surface area contributed by atoms with Crippen LogP contribution in [0.1, 0.15) is 52.9 Å². The Morgan fingerprint density at radius 2 is 1.95 bits per heavy atom. The number of hydrogen-bond acceptors (Lipinski definition) is 3. The number of terminal acetylenes is 1. The fraction of sp³-hybridized carbons (Fsp3) is 0.812. The molecular formula is C16H26N2O2. The van der Waals surface area contributed by atoms with E-state index in [1.54, 1.807) is 0 Å². The molecule has 0 aliphatic carbocycles. The van der Waals surface area contributed by atoms with Crippen LogP contribution in [0, 0.1) is 12.3 Å². The Hall–Kier alpha value is -1.21. The molecule has 0 aromatic heterocycles. The molecule has 112 valence electrons. The zero-order valence-electron chi connectivity index (χ0n) is 12.8. The quantitative estimate of drug-likeness (QED) is 0.637. The van der Waals surface area contributed by atoms with E-state index in [9.17, 15) is 4.79 Å². The molecule has 2 aliphatic heterocycles. The summed E-state index contributed by atoms with van der Waals surface area (Å²) in [4.78, 5) is 14.3. The molecule has 2 aliphatic rings. The molecule has 0 radical (unpaired) electrons. The topological polar surface area (TPSA) is 41.6 Å². The normalized spacial score (nSPS) is 29.1. The minimum Gasteiger partial charge on any atom is -0.444 e. The van der Waals surface area contributed by atoms with Gasteiger partial charge in [-0.25, -0.2) is 4.79 Å². The summed E-state index contributed by atoms with van der Waals surface area (Å²) in [5.74, 6) is 2.65. The van der Waals surface area contributed by atoms with E-state index >= 15 is 0 Å². The fourth-order valence-electron chi connectivity index (χ4n) is 3.30. The molecule has 0 aromatic rings. The second-order valence-corrected chi connectivity index (χ2v) is 6.85. The Kier molecular flexibility index (Phi) is 4.59. The van der Waals surface area contributed by atoms with Gasteiger partial charge in [0.25, 0.3) is 0 Å². The van der Waals surface area contributed by atoms with Gasteiger partial charge in [-0.15, -0.1) is 12.3 Å². The summed E-state index contributed by atoms with van der Waals surface area (Å²) in [6, 6.07) is 1.14. The highest BCUT2D eigenvalue weighted by atomic mass is 16.6. The molecule has 0 saturated carbocycles. The van der Waals surface area contributed by atoms with E-state index < -0.39 is 5.60 Å². The molecule has 0 spiro atoms. The van der Waals surface area contributed by atoms with Crippen molar-refractivity contribution in [1.82, 2.24) is 10.2 Å². The Morgan fingerprint density at radius 3 is 2.45 bits per heavy atom. The first-order valence-electron chi connectivity index (χ1n) is 7.59. The Balaban J connectivity index is 1.90. The van der Waals surface area contributed by atoms with E-state index in [0.29, 0.717) is 18.1 Å². The van der Waals surface area contributed by atoms with Gasteiger partial charge in [-0.3, -0.25) is 0 Å². The van der Waals surface area contributed by atoms with Crippen molar-refractivity contribution in [3.8, 4) is 12.3 Å². The highest BCUT2D eigenvalue weighted by molar-refractivity contribution is 5.69. The molecule has 2 atom stereocenters. The predicted molar refractivity (Wildman–Crippen MR) is 79.4 cm³/mol. The van der Waals surface area contributed by atoms with Gasteiger partial charge in [0.2, 0.25) is 0 Å². The summed E-state index contributed by atoms with van der Waals surface area (Å²) in [6.45, 7) is 6.62. The van der Waals surface area contributed by atoms with E-state index in [2.05, 4.69) is 11.2 Å². The minimum absolute atomic E-state index is 0.146. The highest BCUT2D eigenvalue weighted by Crippen LogP contribution is 2.36. The van der Waals surface area contributed by atoms with Crippen LogP contribution < -0.4 is 5.32 Å². The summed E-state index contributed by atoms with van der Waals surface area (Å²) in [5.41, 5.74) is -0.418.